The van der Waals surface area contributed by atoms with Crippen LogP contribution in [0.5, 0.6) is 0 Å². The van der Waals surface area contributed by atoms with Crippen LogP contribution in [-0.4, -0.2) is 53.4 Å². The minimum atomic E-state index is -0.348. The molecule has 0 aliphatic carbocycles. The van der Waals surface area contributed by atoms with E-state index in [2.05, 4.69) is 15.3 Å². The number of nitrogens with zero attached hydrogens (tertiary/aromatic N) is 3. The highest BCUT2D eigenvalue weighted by molar-refractivity contribution is 5.87. The largest absolute Gasteiger partial charge is 0.464 e. The molecule has 1 fully saturated rings. The third-order valence-electron chi connectivity index (χ3n) is 4.26. The zero-order valence-electron chi connectivity index (χ0n) is 12.8. The maximum Gasteiger partial charge on any atom is 0.358 e. The van der Waals surface area contributed by atoms with Gasteiger partial charge in [-0.3, -0.25) is 9.58 Å². The highest BCUT2D eigenvalue weighted by Gasteiger charge is 2.25. The molecule has 1 aromatic rings. The summed E-state index contributed by atoms with van der Waals surface area (Å²) in [4.78, 5) is 14.1. The van der Waals surface area contributed by atoms with Gasteiger partial charge in [-0.2, -0.15) is 5.10 Å². The third kappa shape index (κ3) is 4.13. The van der Waals surface area contributed by atoms with Gasteiger partial charge in [0.25, 0.3) is 0 Å². The minimum absolute atomic E-state index is 0. The van der Waals surface area contributed by atoms with Crippen molar-refractivity contribution in [2.75, 3.05) is 26.7 Å². The second-order valence-electron chi connectivity index (χ2n) is 5.54. The van der Waals surface area contributed by atoms with Gasteiger partial charge in [0.05, 0.1) is 12.8 Å². The van der Waals surface area contributed by atoms with Gasteiger partial charge in [-0.15, -0.1) is 24.8 Å². The fourth-order valence-electron chi connectivity index (χ4n) is 3.17. The summed E-state index contributed by atoms with van der Waals surface area (Å²) in [5, 5.41) is 7.77. The van der Waals surface area contributed by atoms with Gasteiger partial charge < -0.3 is 10.1 Å². The zero-order valence-corrected chi connectivity index (χ0v) is 14.4. The lowest BCUT2D eigenvalue weighted by molar-refractivity contribution is 0.0593. The molecule has 3 rings (SSSR count). The van der Waals surface area contributed by atoms with Gasteiger partial charge in [0.2, 0.25) is 0 Å². The van der Waals surface area contributed by atoms with Crippen LogP contribution in [0, 0.1) is 0 Å². The van der Waals surface area contributed by atoms with Gasteiger partial charge in [0, 0.05) is 25.7 Å². The Balaban J connectivity index is 0.00000121. The molecular formula is C14H24Cl2N4O2. The van der Waals surface area contributed by atoms with Gasteiger partial charge >= 0.3 is 5.97 Å². The SMILES string of the molecule is COC(=O)c1cc2n(n1)CCCN(C1CCNCC1)C2.Cl.Cl. The molecule has 126 valence electrons. The van der Waals surface area contributed by atoms with Crippen molar-refractivity contribution in [2.45, 2.75) is 38.4 Å². The number of hydrogen-bond acceptors (Lipinski definition) is 5. The van der Waals surface area contributed by atoms with Crippen LogP contribution in [0.4, 0.5) is 0 Å². The first kappa shape index (κ1) is 19.2. The van der Waals surface area contributed by atoms with E-state index >= 15 is 0 Å². The van der Waals surface area contributed by atoms with Crippen LogP contribution in [0.25, 0.3) is 0 Å². The molecule has 1 saturated heterocycles. The highest BCUT2D eigenvalue weighted by atomic mass is 35.5. The summed E-state index contributed by atoms with van der Waals surface area (Å²) in [5.74, 6) is -0.348. The molecule has 0 bridgehead atoms. The monoisotopic (exact) mass is 350 g/mol. The van der Waals surface area contributed by atoms with Crippen LogP contribution in [-0.2, 0) is 17.8 Å². The topological polar surface area (TPSA) is 59.4 Å². The maximum atomic E-state index is 11.6. The van der Waals surface area contributed by atoms with Crippen molar-refractivity contribution in [1.82, 2.24) is 20.0 Å². The van der Waals surface area contributed by atoms with Crippen LogP contribution in [0.3, 0.4) is 0 Å². The molecule has 0 amide bonds. The van der Waals surface area contributed by atoms with Crippen molar-refractivity contribution in [3.8, 4) is 0 Å². The molecule has 0 atom stereocenters. The summed E-state index contributed by atoms with van der Waals surface area (Å²) in [5.41, 5.74) is 1.55. The number of hydrogen-bond donors (Lipinski definition) is 1. The number of aryl methyl sites for hydroxylation is 1. The molecule has 2 aliphatic rings. The van der Waals surface area contributed by atoms with Gasteiger partial charge in [0.1, 0.15) is 0 Å². The lowest BCUT2D eigenvalue weighted by atomic mass is 10.0. The van der Waals surface area contributed by atoms with E-state index in [9.17, 15) is 4.79 Å². The average Bonchev–Trinajstić information content (AvgIpc) is 2.79. The summed E-state index contributed by atoms with van der Waals surface area (Å²) < 4.78 is 6.72. The molecule has 0 aromatic carbocycles. The smallest absolute Gasteiger partial charge is 0.358 e. The molecule has 3 heterocycles. The Morgan fingerprint density at radius 3 is 2.73 bits per heavy atom. The Bertz CT molecular complexity index is 489. The lowest BCUT2D eigenvalue weighted by Crippen LogP contribution is -2.42. The van der Waals surface area contributed by atoms with E-state index in [0.29, 0.717) is 11.7 Å². The number of methoxy groups -OCH3 is 1. The fourth-order valence-corrected chi connectivity index (χ4v) is 3.17. The van der Waals surface area contributed by atoms with Gasteiger partial charge in [-0.05, 0) is 38.4 Å². The van der Waals surface area contributed by atoms with Crippen molar-refractivity contribution in [1.29, 1.82) is 0 Å². The minimum Gasteiger partial charge on any atom is -0.464 e. The van der Waals surface area contributed by atoms with Crippen LogP contribution in [0.1, 0.15) is 35.4 Å². The van der Waals surface area contributed by atoms with E-state index in [1.54, 1.807) is 0 Å². The van der Waals surface area contributed by atoms with Crippen molar-refractivity contribution in [3.05, 3.63) is 17.5 Å². The number of carbonyl (C=O) groups excluding carboxylic acids is 1. The molecule has 0 saturated carbocycles. The zero-order chi connectivity index (χ0) is 13.9. The Kier molecular flexibility index (Phi) is 7.62. The van der Waals surface area contributed by atoms with E-state index in [4.69, 9.17) is 4.74 Å². The van der Waals surface area contributed by atoms with Crippen molar-refractivity contribution in [3.63, 3.8) is 0 Å². The maximum absolute atomic E-state index is 11.6. The van der Waals surface area contributed by atoms with E-state index in [0.717, 1.165) is 44.8 Å². The van der Waals surface area contributed by atoms with Crippen molar-refractivity contribution >= 4 is 30.8 Å². The lowest BCUT2D eigenvalue weighted by Gasteiger charge is -2.33. The number of aromatic nitrogens is 2. The van der Waals surface area contributed by atoms with Crippen molar-refractivity contribution < 1.29 is 9.53 Å². The Labute approximate surface area is 143 Å². The quantitative estimate of drug-likeness (QED) is 0.818. The second kappa shape index (κ2) is 8.72. The molecule has 8 heteroatoms. The van der Waals surface area contributed by atoms with Crippen LogP contribution in [0.15, 0.2) is 6.07 Å². The number of esters is 1. The highest BCUT2D eigenvalue weighted by Crippen LogP contribution is 2.20. The number of piperidine rings is 1. The molecule has 0 spiro atoms. The fraction of sp³-hybridized carbons (Fsp3) is 0.714. The van der Waals surface area contributed by atoms with Crippen LogP contribution < -0.4 is 5.32 Å². The Morgan fingerprint density at radius 2 is 2.05 bits per heavy atom. The standard InChI is InChI=1S/C14H22N4O2.2ClH/c1-20-14(19)13-9-12-10-17(7-2-8-18(12)16-13)11-3-5-15-6-4-11;;/h9,11,15H,2-8,10H2,1H3;2*1H. The summed E-state index contributed by atoms with van der Waals surface area (Å²) in [6.45, 7) is 5.09. The number of nitrogens with one attached hydrogen (secondary N) is 1. The summed E-state index contributed by atoms with van der Waals surface area (Å²) >= 11 is 0. The summed E-state index contributed by atoms with van der Waals surface area (Å²) in [6.07, 6.45) is 3.50. The van der Waals surface area contributed by atoms with Gasteiger partial charge in [-0.25, -0.2) is 4.79 Å². The van der Waals surface area contributed by atoms with Crippen LogP contribution >= 0.6 is 24.8 Å². The Morgan fingerprint density at radius 1 is 1.32 bits per heavy atom. The normalized spacial score (nSPS) is 19.3. The summed E-state index contributed by atoms with van der Waals surface area (Å²) in [7, 11) is 1.40. The molecule has 0 radical (unpaired) electrons. The van der Waals surface area contributed by atoms with E-state index in [1.165, 1.54) is 20.0 Å². The van der Waals surface area contributed by atoms with E-state index < -0.39 is 0 Å². The molecular weight excluding hydrogens is 327 g/mol. The van der Waals surface area contributed by atoms with Crippen molar-refractivity contribution in [2.24, 2.45) is 0 Å². The molecule has 1 aromatic heterocycles. The predicted molar refractivity (Wildman–Crippen MR) is 89.0 cm³/mol. The first-order valence-corrected chi connectivity index (χ1v) is 7.38. The first-order chi connectivity index (χ1) is 9.78. The van der Waals surface area contributed by atoms with Crippen LogP contribution in [0.2, 0.25) is 0 Å². The Hall–Kier alpha value is -0.820. The average molecular weight is 351 g/mol. The summed E-state index contributed by atoms with van der Waals surface area (Å²) in [6, 6.07) is 2.53. The predicted octanol–water partition coefficient (Wildman–Crippen LogP) is 1.47. The third-order valence-corrected chi connectivity index (χ3v) is 4.26. The van der Waals surface area contributed by atoms with Gasteiger partial charge in [-0.1, -0.05) is 0 Å². The first-order valence-electron chi connectivity index (χ1n) is 7.38. The number of halogens is 2. The molecule has 6 nitrogen and oxygen atoms in total. The van der Waals surface area contributed by atoms with E-state index in [1.807, 2.05) is 10.7 Å². The number of carbonyl (C=O) groups is 1. The number of fused-ring (bicyclic) bond motifs is 1. The molecule has 2 aliphatic heterocycles. The van der Waals surface area contributed by atoms with E-state index in [-0.39, 0.29) is 30.8 Å². The van der Waals surface area contributed by atoms with Gasteiger partial charge in [0.15, 0.2) is 5.69 Å². The number of rotatable bonds is 2. The second-order valence-corrected chi connectivity index (χ2v) is 5.54. The molecule has 0 unspecified atom stereocenters. The number of ether oxygens (including phenoxy) is 1. The molecule has 1 N–H and O–H groups in total. The molecule has 22 heavy (non-hydrogen) atoms.